The maximum Gasteiger partial charge on any atom is 0.258 e. The summed E-state index contributed by atoms with van der Waals surface area (Å²) in [6.07, 6.45) is 0. The summed E-state index contributed by atoms with van der Waals surface area (Å²) >= 11 is 0. The Hall–Kier alpha value is -4.68. The summed E-state index contributed by atoms with van der Waals surface area (Å²) in [7, 11) is 5.87. The maximum atomic E-state index is 13.4. The zero-order chi connectivity index (χ0) is 27.4. The van der Waals surface area contributed by atoms with Gasteiger partial charge in [0.2, 0.25) is 0 Å². The number of amides is 2. The SMILES string of the molecule is CN(C)Cc1ccc(NC(=C2C(=O)Nc3ccc(C(=O)N(C)Cc4ccccc4)cc32)c2ccccc2)cc1. The average molecular weight is 517 g/mol. The summed E-state index contributed by atoms with van der Waals surface area (Å²) < 4.78 is 0. The molecule has 4 aromatic carbocycles. The molecule has 6 nitrogen and oxygen atoms in total. The van der Waals surface area contributed by atoms with Crippen molar-refractivity contribution in [3.63, 3.8) is 0 Å². The molecule has 0 spiro atoms. The van der Waals surface area contributed by atoms with Crippen LogP contribution in [0.1, 0.15) is 32.6 Å². The number of carbonyl (C=O) groups excluding carboxylic acids is 2. The number of benzene rings is 4. The lowest BCUT2D eigenvalue weighted by Gasteiger charge is -2.18. The predicted molar refractivity (Wildman–Crippen MR) is 158 cm³/mol. The molecule has 0 fully saturated rings. The van der Waals surface area contributed by atoms with E-state index in [4.69, 9.17) is 0 Å². The molecule has 0 aliphatic carbocycles. The van der Waals surface area contributed by atoms with Crippen LogP contribution in [0, 0.1) is 0 Å². The predicted octanol–water partition coefficient (Wildman–Crippen LogP) is 5.95. The van der Waals surface area contributed by atoms with Crippen molar-refractivity contribution >= 4 is 34.5 Å². The van der Waals surface area contributed by atoms with Gasteiger partial charge in [-0.25, -0.2) is 0 Å². The van der Waals surface area contributed by atoms with Crippen LogP contribution in [-0.4, -0.2) is 42.8 Å². The van der Waals surface area contributed by atoms with Gasteiger partial charge in [0.25, 0.3) is 11.8 Å². The molecule has 196 valence electrons. The minimum absolute atomic E-state index is 0.106. The lowest BCUT2D eigenvalue weighted by molar-refractivity contribution is -0.110. The van der Waals surface area contributed by atoms with Gasteiger partial charge in [0.1, 0.15) is 0 Å². The fraction of sp³-hybridized carbons (Fsp3) is 0.152. The van der Waals surface area contributed by atoms with E-state index < -0.39 is 0 Å². The third kappa shape index (κ3) is 5.92. The first-order valence-electron chi connectivity index (χ1n) is 12.9. The lowest BCUT2D eigenvalue weighted by Crippen LogP contribution is -2.26. The molecule has 0 saturated heterocycles. The van der Waals surface area contributed by atoms with Crippen LogP contribution in [0.3, 0.4) is 0 Å². The monoisotopic (exact) mass is 516 g/mol. The fourth-order valence-corrected chi connectivity index (χ4v) is 4.78. The van der Waals surface area contributed by atoms with Crippen LogP contribution >= 0.6 is 0 Å². The highest BCUT2D eigenvalue weighted by atomic mass is 16.2. The van der Waals surface area contributed by atoms with Crippen molar-refractivity contribution in [2.75, 3.05) is 31.8 Å². The number of hydrogen-bond acceptors (Lipinski definition) is 4. The molecule has 0 atom stereocenters. The van der Waals surface area contributed by atoms with Crippen molar-refractivity contribution in [3.8, 4) is 0 Å². The normalized spacial score (nSPS) is 13.6. The Kier molecular flexibility index (Phi) is 7.57. The van der Waals surface area contributed by atoms with Gasteiger partial charge in [-0.2, -0.15) is 0 Å². The van der Waals surface area contributed by atoms with Crippen molar-refractivity contribution in [3.05, 3.63) is 131 Å². The lowest BCUT2D eigenvalue weighted by atomic mass is 9.98. The van der Waals surface area contributed by atoms with Crippen LogP contribution in [0.15, 0.2) is 103 Å². The second-order valence-corrected chi connectivity index (χ2v) is 10.0. The first kappa shape index (κ1) is 25.9. The van der Waals surface area contributed by atoms with Gasteiger partial charge in [-0.05, 0) is 61.1 Å². The van der Waals surface area contributed by atoms with Gasteiger partial charge in [-0.3, -0.25) is 9.59 Å². The quantitative estimate of drug-likeness (QED) is 0.284. The fourth-order valence-electron chi connectivity index (χ4n) is 4.78. The van der Waals surface area contributed by atoms with Crippen molar-refractivity contribution < 1.29 is 9.59 Å². The second kappa shape index (κ2) is 11.4. The molecule has 39 heavy (non-hydrogen) atoms. The molecule has 0 unspecified atom stereocenters. The Balaban J connectivity index is 1.52. The van der Waals surface area contributed by atoms with Crippen molar-refractivity contribution in [2.24, 2.45) is 0 Å². The largest absolute Gasteiger partial charge is 0.354 e. The summed E-state index contributed by atoms with van der Waals surface area (Å²) in [4.78, 5) is 30.5. The van der Waals surface area contributed by atoms with Crippen molar-refractivity contribution in [1.29, 1.82) is 0 Å². The first-order chi connectivity index (χ1) is 18.9. The minimum atomic E-state index is -0.206. The first-order valence-corrected chi connectivity index (χ1v) is 12.9. The number of nitrogens with zero attached hydrogens (tertiary/aromatic N) is 2. The topological polar surface area (TPSA) is 64.7 Å². The number of carbonyl (C=O) groups is 2. The highest BCUT2D eigenvalue weighted by molar-refractivity contribution is 6.37. The van der Waals surface area contributed by atoms with E-state index in [-0.39, 0.29) is 11.8 Å². The van der Waals surface area contributed by atoms with Crippen LogP contribution in [0.4, 0.5) is 11.4 Å². The Morgan fingerprint density at radius 1 is 0.744 bits per heavy atom. The number of rotatable bonds is 8. The average Bonchev–Trinajstić information content (AvgIpc) is 3.27. The number of anilines is 2. The second-order valence-electron chi connectivity index (χ2n) is 10.0. The molecule has 1 aliphatic rings. The molecule has 0 radical (unpaired) electrons. The number of hydrogen-bond donors (Lipinski definition) is 2. The highest BCUT2D eigenvalue weighted by Gasteiger charge is 2.30. The van der Waals surface area contributed by atoms with Crippen molar-refractivity contribution in [2.45, 2.75) is 13.1 Å². The molecule has 0 saturated carbocycles. The molecule has 1 heterocycles. The zero-order valence-corrected chi connectivity index (χ0v) is 22.4. The van der Waals surface area contributed by atoms with Crippen LogP contribution in [0.25, 0.3) is 11.3 Å². The molecule has 0 aromatic heterocycles. The van der Waals surface area contributed by atoms with E-state index in [1.807, 2.05) is 99.0 Å². The van der Waals surface area contributed by atoms with E-state index in [0.29, 0.717) is 34.6 Å². The number of nitrogens with one attached hydrogen (secondary N) is 2. The molecule has 2 amide bonds. The van der Waals surface area contributed by atoms with E-state index in [0.717, 1.165) is 23.4 Å². The van der Waals surface area contributed by atoms with Gasteiger partial charge in [0.15, 0.2) is 0 Å². The van der Waals surface area contributed by atoms with Gasteiger partial charge < -0.3 is 20.4 Å². The summed E-state index contributed by atoms with van der Waals surface area (Å²) in [5.41, 5.74) is 7.13. The molecule has 0 bridgehead atoms. The van der Waals surface area contributed by atoms with Crippen LogP contribution in [0.5, 0.6) is 0 Å². The molecule has 2 N–H and O–H groups in total. The van der Waals surface area contributed by atoms with E-state index in [2.05, 4.69) is 27.7 Å². The van der Waals surface area contributed by atoms with E-state index >= 15 is 0 Å². The maximum absolute atomic E-state index is 13.4. The molecule has 4 aromatic rings. The summed E-state index contributed by atoms with van der Waals surface area (Å²) in [5.74, 6) is -0.311. The Labute approximate surface area is 229 Å². The molecule has 5 rings (SSSR count). The zero-order valence-electron chi connectivity index (χ0n) is 22.4. The van der Waals surface area contributed by atoms with Gasteiger partial charge in [-0.15, -0.1) is 0 Å². The van der Waals surface area contributed by atoms with Gasteiger partial charge in [-0.1, -0.05) is 72.8 Å². The van der Waals surface area contributed by atoms with Gasteiger partial charge in [0.05, 0.1) is 11.3 Å². The number of fused-ring (bicyclic) bond motifs is 1. The minimum Gasteiger partial charge on any atom is -0.354 e. The molecule has 6 heteroatoms. The smallest absolute Gasteiger partial charge is 0.258 e. The molecule has 1 aliphatic heterocycles. The Morgan fingerprint density at radius 2 is 1.38 bits per heavy atom. The third-order valence-corrected chi connectivity index (χ3v) is 6.65. The standard InChI is InChI=1S/C33H32N4O2/c1-36(2)21-24-14-17-27(18-15-24)34-31(25-12-8-5-9-13-25)30-28-20-26(16-19-29(28)35-32(30)38)33(39)37(3)22-23-10-6-4-7-11-23/h4-20,34H,21-22H2,1-3H3,(H,35,38). The van der Waals surface area contributed by atoms with E-state index in [9.17, 15) is 9.59 Å². The van der Waals surface area contributed by atoms with Crippen LogP contribution in [-0.2, 0) is 17.9 Å². The van der Waals surface area contributed by atoms with Crippen LogP contribution < -0.4 is 10.6 Å². The Bertz CT molecular complexity index is 1510. The molecular weight excluding hydrogens is 484 g/mol. The van der Waals surface area contributed by atoms with Crippen LogP contribution in [0.2, 0.25) is 0 Å². The summed E-state index contributed by atoms with van der Waals surface area (Å²) in [6, 6.07) is 33.3. The summed E-state index contributed by atoms with van der Waals surface area (Å²) in [6.45, 7) is 1.34. The van der Waals surface area contributed by atoms with E-state index in [1.54, 1.807) is 18.0 Å². The van der Waals surface area contributed by atoms with E-state index in [1.165, 1.54) is 5.56 Å². The third-order valence-electron chi connectivity index (χ3n) is 6.65. The highest BCUT2D eigenvalue weighted by Crippen LogP contribution is 2.38. The summed E-state index contributed by atoms with van der Waals surface area (Å²) in [5, 5.41) is 6.49. The van der Waals surface area contributed by atoms with Gasteiger partial charge >= 0.3 is 0 Å². The Morgan fingerprint density at radius 3 is 2.05 bits per heavy atom. The van der Waals surface area contributed by atoms with Gasteiger partial charge in [0, 0.05) is 42.6 Å². The van der Waals surface area contributed by atoms with Crippen molar-refractivity contribution in [1.82, 2.24) is 9.80 Å². The molecular formula is C33H32N4O2.